The van der Waals surface area contributed by atoms with Gasteiger partial charge in [-0.1, -0.05) is 23.2 Å². The Morgan fingerprint density at radius 3 is 2.91 bits per heavy atom. The summed E-state index contributed by atoms with van der Waals surface area (Å²) < 4.78 is 5.67. The number of aromatic nitrogens is 1. The van der Waals surface area contributed by atoms with Crippen molar-refractivity contribution in [2.75, 3.05) is 5.32 Å². The smallest absolute Gasteiger partial charge is 0.250 e. The van der Waals surface area contributed by atoms with Crippen LogP contribution < -0.4 is 5.32 Å². The van der Waals surface area contributed by atoms with E-state index in [0.717, 1.165) is 0 Å². The molecule has 0 unspecified atom stereocenters. The van der Waals surface area contributed by atoms with Crippen LogP contribution in [0.5, 0.6) is 0 Å². The molecule has 2 heterocycles. The summed E-state index contributed by atoms with van der Waals surface area (Å²) in [6.07, 6.45) is 4.58. The van der Waals surface area contributed by atoms with Crippen molar-refractivity contribution in [3.63, 3.8) is 0 Å². The summed E-state index contributed by atoms with van der Waals surface area (Å²) in [7, 11) is 0. The Morgan fingerprint density at radius 1 is 1.26 bits per heavy atom. The van der Waals surface area contributed by atoms with Gasteiger partial charge >= 0.3 is 0 Å². The molecule has 7 heteroatoms. The third-order valence-electron chi connectivity index (χ3n) is 2.88. The van der Waals surface area contributed by atoms with E-state index < -0.39 is 0 Å². The molecule has 3 aromatic rings. The van der Waals surface area contributed by atoms with Crippen LogP contribution in [0.3, 0.4) is 0 Å². The van der Waals surface area contributed by atoms with Crippen molar-refractivity contribution in [3.05, 3.63) is 63.8 Å². The fraction of sp³-hybridized carbons (Fsp3) is 0. The Kier molecular flexibility index (Phi) is 4.81. The number of anilines is 1. The summed E-state index contributed by atoms with van der Waals surface area (Å²) in [5, 5.41) is 6.09. The molecule has 1 aromatic carbocycles. The molecule has 1 amide bonds. The molecule has 0 radical (unpaired) electrons. The number of nitrogens with one attached hydrogen (secondary N) is 1. The zero-order chi connectivity index (χ0) is 16.2. The first-order valence-corrected chi connectivity index (χ1v) is 8.19. The average molecular weight is 365 g/mol. The third-order valence-corrected chi connectivity index (χ3v) is 4.14. The monoisotopic (exact) mass is 364 g/mol. The first-order valence-electron chi connectivity index (χ1n) is 6.55. The predicted octanol–water partition coefficient (Wildman–Crippen LogP) is 5.36. The van der Waals surface area contributed by atoms with Gasteiger partial charge in [0.15, 0.2) is 5.13 Å². The van der Waals surface area contributed by atoms with Crippen molar-refractivity contribution in [2.24, 2.45) is 0 Å². The SMILES string of the molecule is O=C(/C=C/c1ccc(-c2cc(Cl)ccc2Cl)o1)Nc1nccs1. The summed E-state index contributed by atoms with van der Waals surface area (Å²) in [5.74, 6) is 0.835. The molecule has 2 aromatic heterocycles. The van der Waals surface area contributed by atoms with Gasteiger partial charge in [-0.15, -0.1) is 11.3 Å². The fourth-order valence-corrected chi connectivity index (χ4v) is 2.78. The van der Waals surface area contributed by atoms with E-state index in [1.165, 1.54) is 17.4 Å². The Hall–Kier alpha value is -2.08. The topological polar surface area (TPSA) is 55.1 Å². The van der Waals surface area contributed by atoms with E-state index in [1.807, 2.05) is 0 Å². The second kappa shape index (κ2) is 7.00. The van der Waals surface area contributed by atoms with E-state index in [9.17, 15) is 4.79 Å². The summed E-state index contributed by atoms with van der Waals surface area (Å²) in [6, 6.07) is 8.67. The number of nitrogens with zero attached hydrogens (tertiary/aromatic N) is 1. The number of thiazole rings is 1. The highest BCUT2D eigenvalue weighted by atomic mass is 35.5. The van der Waals surface area contributed by atoms with Gasteiger partial charge in [0, 0.05) is 28.2 Å². The van der Waals surface area contributed by atoms with Gasteiger partial charge in [-0.25, -0.2) is 4.98 Å². The van der Waals surface area contributed by atoms with Gasteiger partial charge in [0.25, 0.3) is 0 Å². The molecule has 0 aliphatic carbocycles. The first-order chi connectivity index (χ1) is 11.1. The van der Waals surface area contributed by atoms with Crippen LogP contribution in [-0.4, -0.2) is 10.9 Å². The van der Waals surface area contributed by atoms with Gasteiger partial charge in [-0.05, 0) is 36.4 Å². The lowest BCUT2D eigenvalue weighted by Crippen LogP contribution is -2.06. The van der Waals surface area contributed by atoms with Gasteiger partial charge in [-0.3, -0.25) is 10.1 Å². The van der Waals surface area contributed by atoms with Crippen LogP contribution in [-0.2, 0) is 4.79 Å². The number of rotatable bonds is 4. The van der Waals surface area contributed by atoms with Gasteiger partial charge in [-0.2, -0.15) is 0 Å². The molecule has 0 atom stereocenters. The van der Waals surface area contributed by atoms with Crippen molar-refractivity contribution in [1.29, 1.82) is 0 Å². The average Bonchev–Trinajstić information content (AvgIpc) is 3.19. The summed E-state index contributed by atoms with van der Waals surface area (Å²) in [5.41, 5.74) is 0.700. The van der Waals surface area contributed by atoms with E-state index in [-0.39, 0.29) is 5.91 Å². The highest BCUT2D eigenvalue weighted by Gasteiger charge is 2.09. The molecule has 4 nitrogen and oxygen atoms in total. The zero-order valence-corrected chi connectivity index (χ0v) is 14.0. The van der Waals surface area contributed by atoms with E-state index in [2.05, 4.69) is 10.3 Å². The second-order valence-electron chi connectivity index (χ2n) is 4.49. The van der Waals surface area contributed by atoms with Gasteiger partial charge in [0.05, 0.1) is 5.02 Å². The minimum absolute atomic E-state index is 0.279. The molecule has 1 N–H and O–H groups in total. The van der Waals surface area contributed by atoms with Crippen molar-refractivity contribution in [1.82, 2.24) is 4.98 Å². The summed E-state index contributed by atoms with van der Waals surface area (Å²) >= 11 is 13.5. The molecular weight excluding hydrogens is 355 g/mol. The molecule has 116 valence electrons. The van der Waals surface area contributed by atoms with E-state index in [1.54, 1.807) is 48.0 Å². The normalized spacial score (nSPS) is 11.0. The zero-order valence-electron chi connectivity index (χ0n) is 11.6. The standard InChI is InChI=1S/C16H10Cl2N2O2S/c17-10-1-4-13(18)12(9-10)14-5-2-11(22-14)3-6-15(21)20-16-19-7-8-23-16/h1-9H,(H,19,20,21)/b6-3+. The minimum atomic E-state index is -0.279. The van der Waals surface area contributed by atoms with Crippen molar-refractivity contribution in [3.8, 4) is 11.3 Å². The van der Waals surface area contributed by atoms with Crippen molar-refractivity contribution in [2.45, 2.75) is 0 Å². The summed E-state index contributed by atoms with van der Waals surface area (Å²) in [6.45, 7) is 0. The number of benzene rings is 1. The van der Waals surface area contributed by atoms with E-state index in [0.29, 0.717) is 32.3 Å². The Morgan fingerprint density at radius 2 is 2.13 bits per heavy atom. The van der Waals surface area contributed by atoms with Crippen LogP contribution in [0.1, 0.15) is 5.76 Å². The number of hydrogen-bond acceptors (Lipinski definition) is 4. The maximum Gasteiger partial charge on any atom is 0.250 e. The predicted molar refractivity (Wildman–Crippen MR) is 93.9 cm³/mol. The number of amides is 1. The molecule has 0 saturated carbocycles. The van der Waals surface area contributed by atoms with Crippen LogP contribution in [0.2, 0.25) is 10.0 Å². The van der Waals surface area contributed by atoms with Crippen LogP contribution in [0, 0.1) is 0 Å². The lowest BCUT2D eigenvalue weighted by molar-refractivity contribution is -0.111. The molecular formula is C16H10Cl2N2O2S. The molecule has 0 fully saturated rings. The maximum atomic E-state index is 11.7. The Labute approximate surface area is 146 Å². The lowest BCUT2D eigenvalue weighted by atomic mass is 10.2. The molecule has 0 saturated heterocycles. The number of carbonyl (C=O) groups is 1. The number of carbonyl (C=O) groups excluding carboxylic acids is 1. The van der Waals surface area contributed by atoms with Gasteiger partial charge < -0.3 is 4.42 Å². The molecule has 3 rings (SSSR count). The second-order valence-corrected chi connectivity index (χ2v) is 6.22. The van der Waals surface area contributed by atoms with E-state index in [4.69, 9.17) is 27.6 Å². The van der Waals surface area contributed by atoms with Gasteiger partial charge in [0.1, 0.15) is 11.5 Å². The first kappa shape index (κ1) is 15.8. The number of halogens is 2. The fourth-order valence-electron chi connectivity index (χ4n) is 1.86. The molecule has 23 heavy (non-hydrogen) atoms. The largest absolute Gasteiger partial charge is 0.457 e. The molecule has 0 aliphatic rings. The minimum Gasteiger partial charge on any atom is -0.457 e. The van der Waals surface area contributed by atoms with Crippen LogP contribution >= 0.6 is 34.5 Å². The third kappa shape index (κ3) is 4.01. The highest BCUT2D eigenvalue weighted by Crippen LogP contribution is 2.32. The van der Waals surface area contributed by atoms with Crippen LogP contribution in [0.25, 0.3) is 17.4 Å². The quantitative estimate of drug-likeness (QED) is 0.633. The number of hydrogen-bond donors (Lipinski definition) is 1. The van der Waals surface area contributed by atoms with E-state index >= 15 is 0 Å². The molecule has 0 spiro atoms. The molecule has 0 bridgehead atoms. The number of furan rings is 1. The van der Waals surface area contributed by atoms with Crippen molar-refractivity contribution < 1.29 is 9.21 Å². The van der Waals surface area contributed by atoms with Crippen molar-refractivity contribution >= 4 is 51.7 Å². The Balaban J connectivity index is 1.73. The Bertz CT molecular complexity index is 857. The highest BCUT2D eigenvalue weighted by molar-refractivity contribution is 7.13. The lowest BCUT2D eigenvalue weighted by Gasteiger charge is -2.01. The van der Waals surface area contributed by atoms with Crippen LogP contribution in [0.4, 0.5) is 5.13 Å². The molecule has 0 aliphatic heterocycles. The maximum absolute atomic E-state index is 11.7. The van der Waals surface area contributed by atoms with Crippen LogP contribution in [0.15, 0.2) is 52.4 Å². The summed E-state index contributed by atoms with van der Waals surface area (Å²) in [4.78, 5) is 15.7. The van der Waals surface area contributed by atoms with Gasteiger partial charge in [0.2, 0.25) is 5.91 Å².